The molecule has 2 heteroatoms. The van der Waals surface area contributed by atoms with Crippen molar-refractivity contribution in [3.8, 4) is 11.1 Å². The maximum Gasteiger partial charge on any atom is 0.192 e. The van der Waals surface area contributed by atoms with E-state index in [1.165, 1.54) is 5.56 Å². The Morgan fingerprint density at radius 3 is 2.26 bits per heavy atom. The molecule has 2 aromatic rings. The standard InChI is InChI=1S/C17H21NO/c1-5-14-6-8-15(9-7-14)16-11-18(12(2)3)10-13(4)17(16)19/h6-12H,5H2,1-4H3. The van der Waals surface area contributed by atoms with Crippen LogP contribution in [0.25, 0.3) is 11.1 Å². The van der Waals surface area contributed by atoms with Crippen LogP contribution >= 0.6 is 0 Å². The molecule has 0 fully saturated rings. The lowest BCUT2D eigenvalue weighted by molar-refractivity contribution is 0.594. The molecular formula is C17H21NO. The molecule has 1 aromatic carbocycles. The third kappa shape index (κ3) is 2.78. The van der Waals surface area contributed by atoms with Crippen molar-refractivity contribution in [3.63, 3.8) is 0 Å². The zero-order valence-electron chi connectivity index (χ0n) is 12.1. The Balaban J connectivity index is 2.56. The molecule has 0 N–H and O–H groups in total. The Bertz CT molecular complexity index is 621. The van der Waals surface area contributed by atoms with Crippen LogP contribution < -0.4 is 5.43 Å². The number of rotatable bonds is 3. The van der Waals surface area contributed by atoms with Crippen LogP contribution in [0.15, 0.2) is 41.5 Å². The topological polar surface area (TPSA) is 22.0 Å². The highest BCUT2D eigenvalue weighted by atomic mass is 16.1. The van der Waals surface area contributed by atoms with Gasteiger partial charge in [-0.25, -0.2) is 0 Å². The van der Waals surface area contributed by atoms with Crippen molar-refractivity contribution < 1.29 is 0 Å². The largest absolute Gasteiger partial charge is 0.351 e. The van der Waals surface area contributed by atoms with Gasteiger partial charge in [-0.05, 0) is 38.3 Å². The third-order valence-electron chi connectivity index (χ3n) is 3.49. The van der Waals surface area contributed by atoms with Crippen LogP contribution in [0.2, 0.25) is 0 Å². The van der Waals surface area contributed by atoms with Crippen molar-refractivity contribution in [1.29, 1.82) is 0 Å². The molecule has 0 amide bonds. The number of hydrogen-bond donors (Lipinski definition) is 0. The zero-order chi connectivity index (χ0) is 14.0. The van der Waals surface area contributed by atoms with Crippen LogP contribution in [-0.4, -0.2) is 4.57 Å². The summed E-state index contributed by atoms with van der Waals surface area (Å²) < 4.78 is 2.10. The Morgan fingerprint density at radius 1 is 1.11 bits per heavy atom. The average molecular weight is 255 g/mol. The summed E-state index contributed by atoms with van der Waals surface area (Å²) in [5, 5.41) is 0. The summed E-state index contributed by atoms with van der Waals surface area (Å²) in [4.78, 5) is 12.3. The van der Waals surface area contributed by atoms with Crippen molar-refractivity contribution in [2.45, 2.75) is 40.2 Å². The molecule has 0 bridgehead atoms. The van der Waals surface area contributed by atoms with Gasteiger partial charge in [0.2, 0.25) is 0 Å². The molecule has 0 spiro atoms. The number of nitrogens with zero attached hydrogens (tertiary/aromatic N) is 1. The SMILES string of the molecule is CCc1ccc(-c2cn(C(C)C)cc(C)c2=O)cc1. The second-order valence-electron chi connectivity index (χ2n) is 5.28. The summed E-state index contributed by atoms with van der Waals surface area (Å²) in [5.74, 6) is 0. The molecule has 0 aliphatic rings. The second kappa shape index (κ2) is 5.43. The average Bonchev–Trinajstić information content (AvgIpc) is 2.41. The Kier molecular flexibility index (Phi) is 3.89. The van der Waals surface area contributed by atoms with Gasteiger partial charge in [-0.1, -0.05) is 31.2 Å². The Hall–Kier alpha value is -1.83. The van der Waals surface area contributed by atoms with E-state index in [1.807, 2.05) is 31.5 Å². The van der Waals surface area contributed by atoms with Crippen LogP contribution in [0.1, 0.15) is 37.9 Å². The highest BCUT2D eigenvalue weighted by molar-refractivity contribution is 5.63. The van der Waals surface area contributed by atoms with Gasteiger partial charge in [0, 0.05) is 29.6 Å². The van der Waals surface area contributed by atoms with E-state index >= 15 is 0 Å². The lowest BCUT2D eigenvalue weighted by Gasteiger charge is -2.14. The summed E-state index contributed by atoms with van der Waals surface area (Å²) in [5.41, 5.74) is 4.00. The van der Waals surface area contributed by atoms with Gasteiger partial charge in [-0.3, -0.25) is 4.79 Å². The molecule has 0 saturated carbocycles. The van der Waals surface area contributed by atoms with E-state index in [1.54, 1.807) is 0 Å². The Morgan fingerprint density at radius 2 is 1.74 bits per heavy atom. The summed E-state index contributed by atoms with van der Waals surface area (Å²) in [7, 11) is 0. The van der Waals surface area contributed by atoms with E-state index in [0.29, 0.717) is 6.04 Å². The van der Waals surface area contributed by atoms with E-state index in [0.717, 1.165) is 23.1 Å². The van der Waals surface area contributed by atoms with Gasteiger partial charge < -0.3 is 4.57 Å². The van der Waals surface area contributed by atoms with E-state index in [2.05, 4.69) is 37.5 Å². The van der Waals surface area contributed by atoms with Crippen LogP contribution in [0.5, 0.6) is 0 Å². The molecule has 0 atom stereocenters. The number of aryl methyl sites for hydroxylation is 2. The van der Waals surface area contributed by atoms with Crippen LogP contribution in [0.3, 0.4) is 0 Å². The molecule has 0 aliphatic carbocycles. The minimum atomic E-state index is 0.126. The van der Waals surface area contributed by atoms with Crippen LogP contribution in [0, 0.1) is 6.92 Å². The normalized spacial score (nSPS) is 11.0. The molecular weight excluding hydrogens is 234 g/mol. The first-order valence-corrected chi connectivity index (χ1v) is 6.84. The zero-order valence-corrected chi connectivity index (χ0v) is 12.1. The van der Waals surface area contributed by atoms with Crippen molar-refractivity contribution in [2.24, 2.45) is 0 Å². The van der Waals surface area contributed by atoms with E-state index in [-0.39, 0.29) is 5.43 Å². The molecule has 1 heterocycles. The number of hydrogen-bond acceptors (Lipinski definition) is 1. The number of aromatic nitrogens is 1. The summed E-state index contributed by atoms with van der Waals surface area (Å²) >= 11 is 0. The minimum absolute atomic E-state index is 0.126. The third-order valence-corrected chi connectivity index (χ3v) is 3.49. The Labute approximate surface area is 114 Å². The van der Waals surface area contributed by atoms with E-state index in [4.69, 9.17) is 0 Å². The van der Waals surface area contributed by atoms with Gasteiger partial charge in [0.1, 0.15) is 0 Å². The molecule has 0 saturated heterocycles. The first-order valence-electron chi connectivity index (χ1n) is 6.84. The monoisotopic (exact) mass is 255 g/mol. The molecule has 0 unspecified atom stereocenters. The van der Waals surface area contributed by atoms with E-state index in [9.17, 15) is 4.79 Å². The first kappa shape index (κ1) is 13.6. The summed E-state index contributed by atoms with van der Waals surface area (Å²) in [6.07, 6.45) is 4.90. The highest BCUT2D eigenvalue weighted by Gasteiger charge is 2.08. The maximum absolute atomic E-state index is 12.3. The maximum atomic E-state index is 12.3. The van der Waals surface area contributed by atoms with Gasteiger partial charge >= 0.3 is 0 Å². The van der Waals surface area contributed by atoms with Crippen LogP contribution in [-0.2, 0) is 6.42 Å². The van der Waals surface area contributed by atoms with Gasteiger partial charge in [0.25, 0.3) is 0 Å². The lowest BCUT2D eigenvalue weighted by Crippen LogP contribution is -2.14. The number of pyridine rings is 1. The molecule has 1 aromatic heterocycles. The van der Waals surface area contributed by atoms with E-state index < -0.39 is 0 Å². The molecule has 2 nitrogen and oxygen atoms in total. The van der Waals surface area contributed by atoms with Gasteiger partial charge in [-0.15, -0.1) is 0 Å². The predicted molar refractivity (Wildman–Crippen MR) is 80.6 cm³/mol. The quantitative estimate of drug-likeness (QED) is 0.813. The highest BCUT2D eigenvalue weighted by Crippen LogP contribution is 2.18. The van der Waals surface area contributed by atoms with Gasteiger partial charge in [0.15, 0.2) is 5.43 Å². The molecule has 2 rings (SSSR count). The fraction of sp³-hybridized carbons (Fsp3) is 0.353. The summed E-state index contributed by atoms with van der Waals surface area (Å²) in [6, 6.07) is 8.63. The molecule has 19 heavy (non-hydrogen) atoms. The second-order valence-corrected chi connectivity index (χ2v) is 5.28. The van der Waals surface area contributed by atoms with Crippen LogP contribution in [0.4, 0.5) is 0 Å². The fourth-order valence-electron chi connectivity index (χ4n) is 2.16. The minimum Gasteiger partial charge on any atom is -0.351 e. The number of benzene rings is 1. The lowest BCUT2D eigenvalue weighted by atomic mass is 10.0. The smallest absolute Gasteiger partial charge is 0.192 e. The first-order chi connectivity index (χ1) is 9.02. The van der Waals surface area contributed by atoms with Crippen molar-refractivity contribution in [1.82, 2.24) is 4.57 Å². The fourth-order valence-corrected chi connectivity index (χ4v) is 2.16. The van der Waals surface area contributed by atoms with Crippen molar-refractivity contribution in [3.05, 3.63) is 58.0 Å². The van der Waals surface area contributed by atoms with Crippen molar-refractivity contribution in [2.75, 3.05) is 0 Å². The molecule has 0 aliphatic heterocycles. The van der Waals surface area contributed by atoms with Gasteiger partial charge in [0.05, 0.1) is 0 Å². The molecule has 0 radical (unpaired) electrons. The summed E-state index contributed by atoms with van der Waals surface area (Å²) in [6.45, 7) is 8.25. The molecule has 100 valence electrons. The van der Waals surface area contributed by atoms with Crippen molar-refractivity contribution >= 4 is 0 Å². The predicted octanol–water partition coefficient (Wildman–Crippen LogP) is 3.97. The van der Waals surface area contributed by atoms with Gasteiger partial charge in [-0.2, -0.15) is 0 Å².